The first-order valence-corrected chi connectivity index (χ1v) is 8.41. The molecule has 6 nitrogen and oxygen atoms in total. The first-order valence-electron chi connectivity index (χ1n) is 8.41. The highest BCUT2D eigenvalue weighted by Gasteiger charge is 2.17. The normalized spacial score (nSPS) is 11.7. The van der Waals surface area contributed by atoms with E-state index in [4.69, 9.17) is 0 Å². The third kappa shape index (κ3) is 3.69. The van der Waals surface area contributed by atoms with Crippen molar-refractivity contribution in [2.45, 2.75) is 19.9 Å². The van der Waals surface area contributed by atoms with E-state index in [0.717, 1.165) is 22.5 Å². The number of nitrogens with zero attached hydrogens (tertiary/aromatic N) is 3. The highest BCUT2D eigenvalue weighted by Crippen LogP contribution is 2.21. The average Bonchev–Trinajstić information content (AvgIpc) is 2.68. The Labute approximate surface area is 152 Å². The highest BCUT2D eigenvalue weighted by molar-refractivity contribution is 5.99. The van der Waals surface area contributed by atoms with Crippen molar-refractivity contribution >= 4 is 11.6 Å². The van der Waals surface area contributed by atoms with Gasteiger partial charge in [-0.1, -0.05) is 12.1 Å². The van der Waals surface area contributed by atoms with Crippen LogP contribution in [0.4, 0.5) is 5.69 Å². The Hall–Kier alpha value is -3.28. The summed E-state index contributed by atoms with van der Waals surface area (Å²) in [5, 5.41) is 6.05. The maximum atomic E-state index is 12.6. The molecule has 2 N–H and O–H groups in total. The zero-order valence-electron chi connectivity index (χ0n) is 15.0. The van der Waals surface area contributed by atoms with Gasteiger partial charge in [0, 0.05) is 48.1 Å². The lowest BCUT2D eigenvalue weighted by Crippen LogP contribution is -2.28. The first kappa shape index (κ1) is 17.5. The van der Waals surface area contributed by atoms with Gasteiger partial charge in [0.05, 0.1) is 11.6 Å². The standard InChI is InChI=1S/C20H21N5O/c1-13-17(12-23-19(24-13)15-8-10-22-11-9-15)14(2)25-20(26)16-6-4-5-7-18(16)21-3/h4-12,14,21H,1-3H3,(H,25,26)/t14-/m0/s1. The van der Waals surface area contributed by atoms with Gasteiger partial charge in [0.2, 0.25) is 0 Å². The maximum Gasteiger partial charge on any atom is 0.253 e. The van der Waals surface area contributed by atoms with Crippen molar-refractivity contribution in [3.63, 3.8) is 0 Å². The minimum Gasteiger partial charge on any atom is -0.387 e. The fourth-order valence-electron chi connectivity index (χ4n) is 2.79. The molecule has 0 aliphatic carbocycles. The fraction of sp³-hybridized carbons (Fsp3) is 0.200. The Morgan fingerprint density at radius 2 is 1.85 bits per heavy atom. The lowest BCUT2D eigenvalue weighted by molar-refractivity contribution is 0.0940. The van der Waals surface area contributed by atoms with Gasteiger partial charge in [-0.3, -0.25) is 9.78 Å². The molecular formula is C20H21N5O. The number of carbonyl (C=O) groups excluding carboxylic acids is 1. The van der Waals surface area contributed by atoms with Crippen molar-refractivity contribution in [3.8, 4) is 11.4 Å². The van der Waals surface area contributed by atoms with Crippen molar-refractivity contribution in [3.05, 3.63) is 71.8 Å². The van der Waals surface area contributed by atoms with E-state index in [-0.39, 0.29) is 11.9 Å². The summed E-state index contributed by atoms with van der Waals surface area (Å²) in [6, 6.07) is 10.9. The number of pyridine rings is 1. The second-order valence-corrected chi connectivity index (χ2v) is 5.96. The number of nitrogens with one attached hydrogen (secondary N) is 2. The highest BCUT2D eigenvalue weighted by atomic mass is 16.1. The molecule has 0 saturated carbocycles. The maximum absolute atomic E-state index is 12.6. The van der Waals surface area contributed by atoms with Crippen LogP contribution in [-0.2, 0) is 0 Å². The molecule has 1 amide bonds. The second kappa shape index (κ2) is 7.74. The smallest absolute Gasteiger partial charge is 0.253 e. The molecule has 0 saturated heterocycles. The molecule has 0 unspecified atom stereocenters. The molecule has 1 atom stereocenters. The van der Waals surface area contributed by atoms with E-state index in [1.54, 1.807) is 31.7 Å². The second-order valence-electron chi connectivity index (χ2n) is 5.96. The number of hydrogen-bond donors (Lipinski definition) is 2. The summed E-state index contributed by atoms with van der Waals surface area (Å²) in [5.74, 6) is 0.507. The Kier molecular flexibility index (Phi) is 5.22. The molecule has 0 spiro atoms. The summed E-state index contributed by atoms with van der Waals surface area (Å²) in [7, 11) is 1.80. The van der Waals surface area contributed by atoms with Crippen molar-refractivity contribution in [1.29, 1.82) is 0 Å². The molecule has 0 aliphatic heterocycles. The lowest BCUT2D eigenvalue weighted by Gasteiger charge is -2.17. The molecule has 26 heavy (non-hydrogen) atoms. The Bertz CT molecular complexity index is 911. The summed E-state index contributed by atoms with van der Waals surface area (Å²) in [6.07, 6.45) is 5.20. The van der Waals surface area contributed by atoms with Gasteiger partial charge in [-0.15, -0.1) is 0 Å². The van der Waals surface area contributed by atoms with Crippen LogP contribution >= 0.6 is 0 Å². The van der Waals surface area contributed by atoms with Crippen LogP contribution in [0.15, 0.2) is 55.0 Å². The van der Waals surface area contributed by atoms with Crippen LogP contribution in [0.2, 0.25) is 0 Å². The Morgan fingerprint density at radius 1 is 1.12 bits per heavy atom. The van der Waals surface area contributed by atoms with Crippen LogP contribution < -0.4 is 10.6 Å². The molecule has 132 valence electrons. The van der Waals surface area contributed by atoms with Crippen molar-refractivity contribution in [2.24, 2.45) is 0 Å². The van der Waals surface area contributed by atoms with Crippen LogP contribution in [-0.4, -0.2) is 27.9 Å². The van der Waals surface area contributed by atoms with Crippen LogP contribution in [0.1, 0.15) is 34.6 Å². The van der Waals surface area contributed by atoms with E-state index in [1.807, 2.05) is 44.2 Å². The molecule has 3 rings (SSSR count). The molecule has 0 radical (unpaired) electrons. The van der Waals surface area contributed by atoms with E-state index in [1.165, 1.54) is 0 Å². The number of para-hydroxylation sites is 1. The van der Waals surface area contributed by atoms with Gasteiger partial charge in [0.1, 0.15) is 0 Å². The number of anilines is 1. The van der Waals surface area contributed by atoms with E-state index < -0.39 is 0 Å². The predicted octanol–water partition coefficient (Wildman–Crippen LogP) is 3.38. The van der Waals surface area contributed by atoms with Gasteiger partial charge in [-0.25, -0.2) is 9.97 Å². The largest absolute Gasteiger partial charge is 0.387 e. The van der Waals surface area contributed by atoms with Gasteiger partial charge in [-0.05, 0) is 38.1 Å². The number of rotatable bonds is 5. The zero-order chi connectivity index (χ0) is 18.5. The first-order chi connectivity index (χ1) is 12.6. The number of benzene rings is 1. The number of aromatic nitrogens is 3. The number of amides is 1. The van der Waals surface area contributed by atoms with Gasteiger partial charge in [-0.2, -0.15) is 0 Å². The number of aryl methyl sites for hydroxylation is 1. The summed E-state index contributed by atoms with van der Waals surface area (Å²) in [4.78, 5) is 25.6. The van der Waals surface area contributed by atoms with Gasteiger partial charge < -0.3 is 10.6 Å². The molecule has 0 bridgehead atoms. The fourth-order valence-corrected chi connectivity index (χ4v) is 2.79. The summed E-state index contributed by atoms with van der Waals surface area (Å²) < 4.78 is 0. The third-order valence-electron chi connectivity index (χ3n) is 4.21. The average molecular weight is 347 g/mol. The quantitative estimate of drug-likeness (QED) is 0.740. The van der Waals surface area contributed by atoms with Gasteiger partial charge >= 0.3 is 0 Å². The van der Waals surface area contributed by atoms with Crippen molar-refractivity contribution in [2.75, 3.05) is 12.4 Å². The molecule has 3 aromatic rings. The van der Waals surface area contributed by atoms with E-state index in [9.17, 15) is 4.79 Å². The molecule has 0 fully saturated rings. The van der Waals surface area contributed by atoms with E-state index in [2.05, 4.69) is 25.6 Å². The lowest BCUT2D eigenvalue weighted by atomic mass is 10.1. The molecule has 0 aliphatic rings. The van der Waals surface area contributed by atoms with Gasteiger partial charge in [0.15, 0.2) is 5.82 Å². The zero-order valence-corrected chi connectivity index (χ0v) is 15.0. The predicted molar refractivity (Wildman–Crippen MR) is 102 cm³/mol. The Balaban J connectivity index is 1.80. The van der Waals surface area contributed by atoms with Crippen LogP contribution in [0.3, 0.4) is 0 Å². The van der Waals surface area contributed by atoms with Crippen molar-refractivity contribution < 1.29 is 4.79 Å². The molecule has 2 aromatic heterocycles. The minimum absolute atomic E-state index is 0.139. The summed E-state index contributed by atoms with van der Waals surface area (Å²) in [5.41, 5.74) is 4.03. The molecule has 6 heteroatoms. The summed E-state index contributed by atoms with van der Waals surface area (Å²) >= 11 is 0. The van der Waals surface area contributed by atoms with Crippen LogP contribution in [0, 0.1) is 6.92 Å². The van der Waals surface area contributed by atoms with Gasteiger partial charge in [0.25, 0.3) is 5.91 Å². The van der Waals surface area contributed by atoms with E-state index >= 15 is 0 Å². The topological polar surface area (TPSA) is 79.8 Å². The van der Waals surface area contributed by atoms with Crippen molar-refractivity contribution in [1.82, 2.24) is 20.3 Å². The minimum atomic E-state index is -0.209. The third-order valence-corrected chi connectivity index (χ3v) is 4.21. The monoisotopic (exact) mass is 347 g/mol. The number of hydrogen-bond acceptors (Lipinski definition) is 5. The van der Waals surface area contributed by atoms with Crippen LogP contribution in [0.25, 0.3) is 11.4 Å². The summed E-state index contributed by atoms with van der Waals surface area (Å²) in [6.45, 7) is 3.85. The molecule has 1 aromatic carbocycles. The molecular weight excluding hydrogens is 326 g/mol. The number of carbonyl (C=O) groups is 1. The van der Waals surface area contributed by atoms with Crippen LogP contribution in [0.5, 0.6) is 0 Å². The SMILES string of the molecule is CNc1ccccc1C(=O)N[C@@H](C)c1cnc(-c2ccncc2)nc1C. The van der Waals surface area contributed by atoms with E-state index in [0.29, 0.717) is 11.4 Å². The molecule has 2 heterocycles. The Morgan fingerprint density at radius 3 is 2.54 bits per heavy atom.